The number of hydrogen-bond acceptors (Lipinski definition) is 2. The van der Waals surface area contributed by atoms with E-state index in [1.54, 1.807) is 0 Å². The van der Waals surface area contributed by atoms with Crippen LogP contribution in [0.2, 0.25) is 0 Å². The molecule has 0 spiro atoms. The van der Waals surface area contributed by atoms with Gasteiger partial charge < -0.3 is 10.1 Å². The molecule has 1 heterocycles. The van der Waals surface area contributed by atoms with Gasteiger partial charge in [-0.25, -0.2) is 4.79 Å². The Labute approximate surface area is 109 Å². The molecule has 1 aliphatic rings. The molecule has 1 saturated heterocycles. The van der Waals surface area contributed by atoms with E-state index < -0.39 is 0 Å². The van der Waals surface area contributed by atoms with Crippen LogP contribution in [-0.4, -0.2) is 12.7 Å². The van der Waals surface area contributed by atoms with Crippen LogP contribution in [0.3, 0.4) is 0 Å². The predicted octanol–water partition coefficient (Wildman–Crippen LogP) is 3.62. The first-order valence-electron chi connectivity index (χ1n) is 6.43. The Hall–Kier alpha value is -1.51. The summed E-state index contributed by atoms with van der Waals surface area (Å²) in [6.07, 6.45) is -0.325. The number of alkyl carbamates (subject to hydrolysis) is 1. The number of carbonyl (C=O) groups is 1. The van der Waals surface area contributed by atoms with Gasteiger partial charge in [-0.3, -0.25) is 0 Å². The van der Waals surface area contributed by atoms with Crippen LogP contribution < -0.4 is 5.32 Å². The van der Waals surface area contributed by atoms with Gasteiger partial charge in [0, 0.05) is 5.41 Å². The molecule has 0 bridgehead atoms. The third-order valence-corrected chi connectivity index (χ3v) is 3.53. The first-order chi connectivity index (χ1) is 8.40. The molecule has 18 heavy (non-hydrogen) atoms. The van der Waals surface area contributed by atoms with Crippen molar-refractivity contribution in [3.05, 3.63) is 35.4 Å². The fourth-order valence-electron chi connectivity index (χ4n) is 2.32. The van der Waals surface area contributed by atoms with E-state index in [0.717, 1.165) is 5.56 Å². The molecule has 3 nitrogen and oxygen atoms in total. The van der Waals surface area contributed by atoms with Gasteiger partial charge in [0.15, 0.2) is 0 Å². The maximum atomic E-state index is 11.4. The summed E-state index contributed by atoms with van der Waals surface area (Å²) in [6.45, 7) is 9.02. The second-order valence-electron chi connectivity index (χ2n) is 5.97. The third-order valence-electron chi connectivity index (χ3n) is 3.53. The number of rotatable bonds is 2. The molecule has 0 aliphatic carbocycles. The molecule has 98 valence electrons. The topological polar surface area (TPSA) is 38.3 Å². The Bertz CT molecular complexity index is 452. The summed E-state index contributed by atoms with van der Waals surface area (Å²) >= 11 is 0. The summed E-state index contributed by atoms with van der Waals surface area (Å²) in [4.78, 5) is 11.4. The van der Waals surface area contributed by atoms with E-state index in [2.05, 4.69) is 57.3 Å². The van der Waals surface area contributed by atoms with Crippen LogP contribution in [-0.2, 0) is 4.74 Å². The van der Waals surface area contributed by atoms with Gasteiger partial charge in [0.05, 0.1) is 6.04 Å². The Balaban J connectivity index is 2.34. The van der Waals surface area contributed by atoms with Crippen molar-refractivity contribution in [1.29, 1.82) is 0 Å². The first kappa shape index (κ1) is 12.9. The lowest BCUT2D eigenvalue weighted by Gasteiger charge is -2.38. The quantitative estimate of drug-likeness (QED) is 0.866. The van der Waals surface area contributed by atoms with Crippen molar-refractivity contribution in [2.75, 3.05) is 6.61 Å². The van der Waals surface area contributed by atoms with Gasteiger partial charge in [0.25, 0.3) is 0 Å². The van der Waals surface area contributed by atoms with Crippen molar-refractivity contribution >= 4 is 6.09 Å². The van der Waals surface area contributed by atoms with E-state index in [4.69, 9.17) is 4.74 Å². The number of benzene rings is 1. The Morgan fingerprint density at radius 3 is 2.78 bits per heavy atom. The van der Waals surface area contributed by atoms with E-state index in [1.807, 2.05) is 0 Å². The average Bonchev–Trinajstić information content (AvgIpc) is 2.32. The summed E-state index contributed by atoms with van der Waals surface area (Å²) in [6, 6.07) is 8.45. The summed E-state index contributed by atoms with van der Waals surface area (Å²) in [7, 11) is 0. The summed E-state index contributed by atoms with van der Waals surface area (Å²) in [5.41, 5.74) is 2.36. The van der Waals surface area contributed by atoms with Gasteiger partial charge in [-0.2, -0.15) is 0 Å². The van der Waals surface area contributed by atoms with E-state index >= 15 is 0 Å². The average molecular weight is 247 g/mol. The fraction of sp³-hybridized carbons (Fsp3) is 0.533. The van der Waals surface area contributed by atoms with Gasteiger partial charge >= 0.3 is 6.09 Å². The third kappa shape index (κ3) is 2.50. The minimum absolute atomic E-state index is 0.0115. The molecule has 0 unspecified atom stereocenters. The van der Waals surface area contributed by atoms with Crippen molar-refractivity contribution in [3.8, 4) is 0 Å². The number of carbonyl (C=O) groups excluding carboxylic acids is 1. The van der Waals surface area contributed by atoms with Gasteiger partial charge in [-0.05, 0) is 17.0 Å². The number of cyclic esters (lactones) is 1. The van der Waals surface area contributed by atoms with Crippen LogP contribution in [0.15, 0.2) is 24.3 Å². The minimum atomic E-state index is -0.325. The zero-order valence-corrected chi connectivity index (χ0v) is 11.5. The zero-order valence-electron chi connectivity index (χ0n) is 11.5. The number of hydrogen-bond donors (Lipinski definition) is 1. The van der Waals surface area contributed by atoms with E-state index in [1.165, 1.54) is 5.56 Å². The lowest BCUT2D eigenvalue weighted by Crippen LogP contribution is -2.46. The normalized spacial score (nSPS) is 22.5. The van der Waals surface area contributed by atoms with Crippen molar-refractivity contribution in [2.24, 2.45) is 5.41 Å². The maximum Gasteiger partial charge on any atom is 0.407 e. The van der Waals surface area contributed by atoms with Crippen molar-refractivity contribution in [1.82, 2.24) is 5.32 Å². The Kier molecular flexibility index (Phi) is 3.33. The molecule has 1 atom stereocenters. The monoisotopic (exact) mass is 247 g/mol. The summed E-state index contributed by atoms with van der Waals surface area (Å²) < 4.78 is 5.07. The van der Waals surface area contributed by atoms with Crippen molar-refractivity contribution < 1.29 is 9.53 Å². The van der Waals surface area contributed by atoms with Crippen LogP contribution in [0.1, 0.15) is 50.8 Å². The van der Waals surface area contributed by atoms with E-state index in [0.29, 0.717) is 12.5 Å². The molecule has 1 amide bonds. The molecule has 0 radical (unpaired) electrons. The zero-order chi connectivity index (χ0) is 13.3. The van der Waals surface area contributed by atoms with Crippen LogP contribution in [0.25, 0.3) is 0 Å². The maximum absolute atomic E-state index is 11.4. The highest BCUT2D eigenvalue weighted by Crippen LogP contribution is 2.37. The fourth-order valence-corrected chi connectivity index (χ4v) is 2.32. The second kappa shape index (κ2) is 4.63. The molecule has 1 fully saturated rings. The molecular weight excluding hydrogens is 226 g/mol. The summed E-state index contributed by atoms with van der Waals surface area (Å²) in [5, 5.41) is 2.93. The SMILES string of the molecule is CC(C)c1cccc([C@H]2NC(=O)OCC2(C)C)c1. The Morgan fingerprint density at radius 1 is 1.39 bits per heavy atom. The van der Waals surface area contributed by atoms with Crippen molar-refractivity contribution in [3.63, 3.8) is 0 Å². The highest BCUT2D eigenvalue weighted by atomic mass is 16.6. The molecule has 1 aliphatic heterocycles. The van der Waals surface area contributed by atoms with E-state index in [-0.39, 0.29) is 17.6 Å². The standard InChI is InChI=1S/C15H21NO2/c1-10(2)11-6-5-7-12(8-11)13-15(3,4)9-18-14(17)16-13/h5-8,10,13H,9H2,1-4H3,(H,16,17)/t13-/m1/s1. The van der Waals surface area contributed by atoms with Gasteiger partial charge in [-0.1, -0.05) is 52.0 Å². The Morgan fingerprint density at radius 2 is 2.11 bits per heavy atom. The van der Waals surface area contributed by atoms with Crippen molar-refractivity contribution in [2.45, 2.75) is 39.7 Å². The van der Waals surface area contributed by atoms with Gasteiger partial charge in [0.2, 0.25) is 0 Å². The van der Waals surface area contributed by atoms with E-state index in [9.17, 15) is 4.79 Å². The van der Waals surface area contributed by atoms with Crippen LogP contribution in [0, 0.1) is 5.41 Å². The molecule has 1 aromatic rings. The lowest BCUT2D eigenvalue weighted by molar-refractivity contribution is 0.0387. The minimum Gasteiger partial charge on any atom is -0.449 e. The molecule has 1 aromatic carbocycles. The van der Waals surface area contributed by atoms with Gasteiger partial charge in [0.1, 0.15) is 6.61 Å². The van der Waals surface area contributed by atoms with Gasteiger partial charge in [-0.15, -0.1) is 0 Å². The van der Waals surface area contributed by atoms with Crippen LogP contribution in [0.4, 0.5) is 4.79 Å². The predicted molar refractivity (Wildman–Crippen MR) is 71.5 cm³/mol. The first-order valence-corrected chi connectivity index (χ1v) is 6.43. The largest absolute Gasteiger partial charge is 0.449 e. The second-order valence-corrected chi connectivity index (χ2v) is 5.97. The molecule has 0 aromatic heterocycles. The summed E-state index contributed by atoms with van der Waals surface area (Å²) in [5.74, 6) is 0.489. The highest BCUT2D eigenvalue weighted by Gasteiger charge is 2.37. The number of nitrogens with one attached hydrogen (secondary N) is 1. The number of amides is 1. The molecule has 1 N–H and O–H groups in total. The van der Waals surface area contributed by atoms with Crippen LogP contribution >= 0.6 is 0 Å². The molecule has 3 heteroatoms. The highest BCUT2D eigenvalue weighted by molar-refractivity contribution is 5.69. The molecular formula is C15H21NO2. The molecule has 0 saturated carbocycles. The van der Waals surface area contributed by atoms with Crippen LogP contribution in [0.5, 0.6) is 0 Å². The number of ether oxygens (including phenoxy) is 1. The smallest absolute Gasteiger partial charge is 0.407 e. The lowest BCUT2D eigenvalue weighted by atomic mass is 9.79. The molecule has 2 rings (SSSR count).